The number of benzene rings is 1. The minimum atomic E-state index is -0.396. The van der Waals surface area contributed by atoms with Crippen molar-refractivity contribution in [1.29, 1.82) is 0 Å². The predicted octanol–water partition coefficient (Wildman–Crippen LogP) is 2.00. The lowest BCUT2D eigenvalue weighted by atomic mass is 9.98. The molecule has 6 heteroatoms. The van der Waals surface area contributed by atoms with Gasteiger partial charge in [0.2, 0.25) is 0 Å². The van der Waals surface area contributed by atoms with Gasteiger partial charge in [0.05, 0.1) is 17.5 Å². The molecule has 0 aliphatic carbocycles. The number of H-pyrrole nitrogens is 1. The molecule has 0 atom stereocenters. The number of halogens is 1. The van der Waals surface area contributed by atoms with Gasteiger partial charge in [0.1, 0.15) is 11.6 Å². The molecule has 1 aliphatic rings. The van der Waals surface area contributed by atoms with Crippen molar-refractivity contribution in [2.24, 2.45) is 5.92 Å². The van der Waals surface area contributed by atoms with E-state index in [0.717, 1.165) is 25.9 Å². The molecule has 0 amide bonds. The van der Waals surface area contributed by atoms with Crippen LogP contribution in [0.4, 0.5) is 10.2 Å². The van der Waals surface area contributed by atoms with E-state index in [1.165, 1.54) is 6.07 Å². The highest BCUT2D eigenvalue weighted by Gasteiger charge is 2.18. The van der Waals surface area contributed by atoms with Crippen LogP contribution in [-0.2, 0) is 0 Å². The Labute approximate surface area is 116 Å². The summed E-state index contributed by atoms with van der Waals surface area (Å²) >= 11 is 0. The Bertz CT molecular complexity index is 604. The number of likely N-dealkylation sites (tertiary alicyclic amines) is 1. The summed E-state index contributed by atoms with van der Waals surface area (Å²) in [6.07, 6.45) is 2.25. The van der Waals surface area contributed by atoms with Crippen molar-refractivity contribution in [2.75, 3.05) is 32.5 Å². The molecule has 0 spiro atoms. The van der Waals surface area contributed by atoms with Gasteiger partial charge < -0.3 is 15.4 Å². The molecular formula is C14H19FN4O. The molecule has 0 radical (unpaired) electrons. The molecule has 1 aromatic carbocycles. The van der Waals surface area contributed by atoms with Gasteiger partial charge in [-0.2, -0.15) is 5.10 Å². The minimum absolute atomic E-state index is 0.180. The fourth-order valence-corrected chi connectivity index (χ4v) is 2.63. The number of hydrogen-bond acceptors (Lipinski definition) is 4. The maximum atomic E-state index is 13.9. The van der Waals surface area contributed by atoms with Crippen LogP contribution in [0.2, 0.25) is 0 Å². The number of aromatic nitrogens is 2. The van der Waals surface area contributed by atoms with E-state index in [-0.39, 0.29) is 5.82 Å². The Hall–Kier alpha value is -1.82. The number of aromatic amines is 1. The summed E-state index contributed by atoms with van der Waals surface area (Å²) in [6.45, 7) is 2.82. The second-order valence-corrected chi connectivity index (χ2v) is 5.49. The molecule has 20 heavy (non-hydrogen) atoms. The normalized spacial score (nSPS) is 17.7. The molecule has 0 bridgehead atoms. The minimum Gasteiger partial charge on any atom is -0.493 e. The van der Waals surface area contributed by atoms with Crippen LogP contribution in [0.1, 0.15) is 12.8 Å². The first-order chi connectivity index (χ1) is 9.63. The van der Waals surface area contributed by atoms with Gasteiger partial charge in [-0.1, -0.05) is 0 Å². The summed E-state index contributed by atoms with van der Waals surface area (Å²) in [5.74, 6) is 0.848. The zero-order valence-electron chi connectivity index (χ0n) is 11.5. The number of piperidine rings is 1. The van der Waals surface area contributed by atoms with E-state index in [1.54, 1.807) is 6.07 Å². The Kier molecular flexibility index (Phi) is 3.48. The number of anilines is 1. The lowest BCUT2D eigenvalue weighted by Crippen LogP contribution is -2.32. The van der Waals surface area contributed by atoms with Crippen LogP contribution >= 0.6 is 0 Å². The second kappa shape index (κ2) is 5.28. The molecular weight excluding hydrogens is 259 g/mol. The molecule has 0 unspecified atom stereocenters. The lowest BCUT2D eigenvalue weighted by Gasteiger charge is -2.28. The molecule has 1 aromatic heterocycles. The van der Waals surface area contributed by atoms with E-state index in [0.29, 0.717) is 29.2 Å². The summed E-state index contributed by atoms with van der Waals surface area (Å²) in [5, 5.41) is 6.85. The Morgan fingerprint density at radius 1 is 1.45 bits per heavy atom. The van der Waals surface area contributed by atoms with E-state index in [4.69, 9.17) is 10.5 Å². The van der Waals surface area contributed by atoms with Gasteiger partial charge >= 0.3 is 0 Å². The van der Waals surface area contributed by atoms with Gasteiger partial charge in [0.25, 0.3) is 0 Å². The molecule has 108 valence electrons. The predicted molar refractivity (Wildman–Crippen MR) is 76.2 cm³/mol. The monoisotopic (exact) mass is 278 g/mol. The third kappa shape index (κ3) is 2.56. The summed E-state index contributed by atoms with van der Waals surface area (Å²) < 4.78 is 19.7. The Morgan fingerprint density at radius 3 is 2.95 bits per heavy atom. The van der Waals surface area contributed by atoms with Crippen molar-refractivity contribution in [1.82, 2.24) is 15.1 Å². The molecule has 5 nitrogen and oxygen atoms in total. The first-order valence-corrected chi connectivity index (χ1v) is 6.88. The van der Waals surface area contributed by atoms with E-state index in [2.05, 4.69) is 22.1 Å². The number of rotatable bonds is 3. The maximum Gasteiger partial charge on any atom is 0.156 e. The van der Waals surface area contributed by atoms with Crippen LogP contribution in [0.3, 0.4) is 0 Å². The molecule has 1 fully saturated rings. The van der Waals surface area contributed by atoms with Crippen LogP contribution in [-0.4, -0.2) is 41.8 Å². The average Bonchev–Trinajstić information content (AvgIpc) is 2.80. The van der Waals surface area contributed by atoms with Crippen LogP contribution < -0.4 is 10.5 Å². The maximum absolute atomic E-state index is 13.9. The smallest absolute Gasteiger partial charge is 0.156 e. The van der Waals surface area contributed by atoms with Crippen molar-refractivity contribution >= 4 is 16.7 Å². The fourth-order valence-electron chi connectivity index (χ4n) is 2.63. The number of fused-ring (bicyclic) bond motifs is 1. The fraction of sp³-hybridized carbons (Fsp3) is 0.500. The number of ether oxygens (including phenoxy) is 1. The number of nitrogen functional groups attached to an aromatic ring is 1. The zero-order valence-corrected chi connectivity index (χ0v) is 11.5. The first-order valence-electron chi connectivity index (χ1n) is 6.88. The van der Waals surface area contributed by atoms with Crippen molar-refractivity contribution in [2.45, 2.75) is 12.8 Å². The lowest BCUT2D eigenvalue weighted by molar-refractivity contribution is 0.160. The van der Waals surface area contributed by atoms with E-state index in [1.807, 2.05) is 0 Å². The van der Waals surface area contributed by atoms with E-state index >= 15 is 0 Å². The molecule has 2 aromatic rings. The highest BCUT2D eigenvalue weighted by Crippen LogP contribution is 2.27. The first kappa shape index (κ1) is 13.2. The van der Waals surface area contributed by atoms with Gasteiger partial charge in [-0.15, -0.1) is 0 Å². The van der Waals surface area contributed by atoms with Gasteiger partial charge in [-0.25, -0.2) is 4.39 Å². The number of nitrogens with zero attached hydrogens (tertiary/aromatic N) is 2. The third-order valence-electron chi connectivity index (χ3n) is 3.94. The van der Waals surface area contributed by atoms with Crippen molar-refractivity contribution in [3.63, 3.8) is 0 Å². The van der Waals surface area contributed by atoms with Crippen LogP contribution in [0, 0.1) is 11.7 Å². The van der Waals surface area contributed by atoms with Gasteiger partial charge in [0, 0.05) is 12.1 Å². The molecule has 1 saturated heterocycles. The van der Waals surface area contributed by atoms with Crippen LogP contribution in [0.5, 0.6) is 5.75 Å². The van der Waals surface area contributed by atoms with Gasteiger partial charge in [-0.05, 0) is 38.9 Å². The SMILES string of the molecule is CN1CCC(COc2cc(F)c3c(N)n[nH]c3c2)CC1. The quantitative estimate of drug-likeness (QED) is 0.901. The molecule has 2 heterocycles. The number of nitrogens with two attached hydrogens (primary N) is 1. The topological polar surface area (TPSA) is 67.2 Å². The van der Waals surface area contributed by atoms with E-state index < -0.39 is 5.82 Å². The molecule has 1 aliphatic heterocycles. The molecule has 0 saturated carbocycles. The van der Waals surface area contributed by atoms with Crippen molar-refractivity contribution < 1.29 is 9.13 Å². The number of nitrogens with one attached hydrogen (secondary N) is 1. The summed E-state index contributed by atoms with van der Waals surface area (Å²) in [5.41, 5.74) is 6.17. The number of hydrogen-bond donors (Lipinski definition) is 2. The van der Waals surface area contributed by atoms with Crippen molar-refractivity contribution in [3.05, 3.63) is 17.9 Å². The average molecular weight is 278 g/mol. The Balaban J connectivity index is 1.68. The van der Waals surface area contributed by atoms with E-state index in [9.17, 15) is 4.39 Å². The van der Waals surface area contributed by atoms with Crippen LogP contribution in [0.25, 0.3) is 10.9 Å². The summed E-state index contributed by atoms with van der Waals surface area (Å²) in [6, 6.07) is 3.12. The zero-order chi connectivity index (χ0) is 14.1. The highest BCUT2D eigenvalue weighted by molar-refractivity contribution is 5.90. The second-order valence-electron chi connectivity index (χ2n) is 5.49. The highest BCUT2D eigenvalue weighted by atomic mass is 19.1. The van der Waals surface area contributed by atoms with Gasteiger partial charge in [0.15, 0.2) is 5.82 Å². The summed E-state index contributed by atoms with van der Waals surface area (Å²) in [4.78, 5) is 2.32. The molecule has 3 rings (SSSR count). The Morgan fingerprint density at radius 2 is 2.20 bits per heavy atom. The largest absolute Gasteiger partial charge is 0.493 e. The molecule has 3 N–H and O–H groups in total. The van der Waals surface area contributed by atoms with Crippen molar-refractivity contribution in [3.8, 4) is 5.75 Å². The van der Waals surface area contributed by atoms with Crippen LogP contribution in [0.15, 0.2) is 12.1 Å². The van der Waals surface area contributed by atoms with Gasteiger partial charge in [-0.3, -0.25) is 5.10 Å². The summed E-state index contributed by atoms with van der Waals surface area (Å²) in [7, 11) is 2.13. The third-order valence-corrected chi connectivity index (χ3v) is 3.94. The standard InChI is InChI=1S/C14H19FN4O/c1-19-4-2-9(3-5-19)8-20-10-6-11(15)13-12(7-10)17-18-14(13)16/h6-7,9H,2-5,8H2,1H3,(H3,16,17,18).